The Morgan fingerprint density at radius 3 is 2.26 bits per heavy atom. The largest absolute Gasteiger partial charge is 0.271 e. The molecule has 1 aliphatic carbocycles. The highest BCUT2D eigenvalue weighted by atomic mass is 35.5. The molecule has 6 nitrogen and oxygen atoms in total. The lowest BCUT2D eigenvalue weighted by atomic mass is 10.1. The van der Waals surface area contributed by atoms with Gasteiger partial charge in [0.2, 0.25) is 0 Å². The van der Waals surface area contributed by atoms with Crippen LogP contribution in [0.5, 0.6) is 0 Å². The van der Waals surface area contributed by atoms with Gasteiger partial charge in [0.1, 0.15) is 6.54 Å². The van der Waals surface area contributed by atoms with Crippen molar-refractivity contribution in [2.24, 2.45) is 5.10 Å². The highest BCUT2D eigenvalue weighted by molar-refractivity contribution is 7.92. The Hall–Kier alpha value is -2.38. The maximum Gasteiger partial charge on any atom is 0.264 e. The van der Waals surface area contributed by atoms with Gasteiger partial charge in [0.05, 0.1) is 10.6 Å². The Morgan fingerprint density at radius 2 is 1.65 bits per heavy atom. The van der Waals surface area contributed by atoms with Gasteiger partial charge in [0.25, 0.3) is 15.9 Å². The van der Waals surface area contributed by atoms with Crippen molar-refractivity contribution >= 4 is 38.9 Å². The van der Waals surface area contributed by atoms with E-state index in [0.29, 0.717) is 10.7 Å². The summed E-state index contributed by atoms with van der Waals surface area (Å²) in [4.78, 5) is 12.8. The number of amides is 1. The molecule has 31 heavy (non-hydrogen) atoms. The highest BCUT2D eigenvalue weighted by Gasteiger charge is 2.27. The first-order valence-corrected chi connectivity index (χ1v) is 12.3. The number of nitrogens with zero attached hydrogens (tertiary/aromatic N) is 2. The highest BCUT2D eigenvalue weighted by Crippen LogP contribution is 2.26. The number of carbonyl (C=O) groups is 1. The van der Waals surface area contributed by atoms with Gasteiger partial charge in [-0.15, -0.1) is 0 Å². The summed E-state index contributed by atoms with van der Waals surface area (Å²) in [6, 6.07) is 11.2. The van der Waals surface area contributed by atoms with Crippen LogP contribution in [0.1, 0.15) is 49.7 Å². The molecule has 0 aliphatic heterocycles. The molecular formula is C23H28ClN3O3S. The SMILES string of the molecule is Cc1ccc(N(CC(=O)NN=C2CCCCCC2)S(=O)(=O)c2ccc(Cl)cc2)cc1C. The van der Waals surface area contributed by atoms with Crippen molar-refractivity contribution in [1.29, 1.82) is 0 Å². The Labute approximate surface area is 189 Å². The summed E-state index contributed by atoms with van der Waals surface area (Å²) in [7, 11) is -3.98. The number of carbonyl (C=O) groups excluding carboxylic acids is 1. The maximum atomic E-state index is 13.4. The molecule has 8 heteroatoms. The zero-order valence-corrected chi connectivity index (χ0v) is 19.5. The van der Waals surface area contributed by atoms with Crippen molar-refractivity contribution in [2.75, 3.05) is 10.8 Å². The second-order valence-electron chi connectivity index (χ2n) is 7.86. The van der Waals surface area contributed by atoms with Crippen LogP contribution in [0, 0.1) is 13.8 Å². The van der Waals surface area contributed by atoms with E-state index >= 15 is 0 Å². The minimum atomic E-state index is -3.98. The number of rotatable bonds is 6. The van der Waals surface area contributed by atoms with Crippen LogP contribution in [-0.2, 0) is 14.8 Å². The standard InChI is InChI=1S/C23H28ClN3O3S/c1-17-9-12-21(15-18(17)2)27(31(29,30)22-13-10-19(24)11-14-22)16-23(28)26-25-20-7-5-3-4-6-8-20/h9-15H,3-8,16H2,1-2H3,(H,26,28). The zero-order valence-electron chi connectivity index (χ0n) is 17.9. The van der Waals surface area contributed by atoms with E-state index in [0.717, 1.165) is 46.8 Å². The first-order chi connectivity index (χ1) is 14.8. The number of nitrogens with one attached hydrogen (secondary N) is 1. The zero-order chi connectivity index (χ0) is 22.4. The van der Waals surface area contributed by atoms with Crippen molar-refractivity contribution in [2.45, 2.75) is 57.3 Å². The lowest BCUT2D eigenvalue weighted by Gasteiger charge is -2.24. The van der Waals surface area contributed by atoms with Crippen LogP contribution < -0.4 is 9.73 Å². The van der Waals surface area contributed by atoms with Crippen LogP contribution in [0.25, 0.3) is 0 Å². The van der Waals surface area contributed by atoms with Crippen LogP contribution >= 0.6 is 11.6 Å². The van der Waals surface area contributed by atoms with Crippen molar-refractivity contribution in [3.05, 3.63) is 58.6 Å². The molecule has 0 aromatic heterocycles. The van der Waals surface area contributed by atoms with E-state index in [1.165, 1.54) is 37.1 Å². The molecular weight excluding hydrogens is 434 g/mol. The third kappa shape index (κ3) is 6.08. The Kier molecular flexibility index (Phi) is 7.73. The Bertz CT molecular complexity index is 1060. The molecule has 0 unspecified atom stereocenters. The van der Waals surface area contributed by atoms with Gasteiger partial charge in [-0.05, 0) is 87.1 Å². The molecule has 0 atom stereocenters. The summed E-state index contributed by atoms with van der Waals surface area (Å²) >= 11 is 5.92. The van der Waals surface area contributed by atoms with Crippen molar-refractivity contribution in [3.63, 3.8) is 0 Å². The summed E-state index contributed by atoms with van der Waals surface area (Å²) in [5.74, 6) is -0.479. The van der Waals surface area contributed by atoms with Gasteiger partial charge in [-0.1, -0.05) is 30.5 Å². The maximum absolute atomic E-state index is 13.4. The van der Waals surface area contributed by atoms with Crippen LogP contribution in [0.4, 0.5) is 5.69 Å². The van der Waals surface area contributed by atoms with Crippen LogP contribution in [-0.4, -0.2) is 26.6 Å². The molecule has 0 spiro atoms. The van der Waals surface area contributed by atoms with E-state index in [9.17, 15) is 13.2 Å². The number of halogens is 1. The molecule has 0 radical (unpaired) electrons. The molecule has 1 amide bonds. The van der Waals surface area contributed by atoms with Crippen LogP contribution in [0.2, 0.25) is 5.02 Å². The van der Waals surface area contributed by atoms with Gasteiger partial charge in [-0.2, -0.15) is 5.10 Å². The minimum absolute atomic E-state index is 0.0676. The summed E-state index contributed by atoms with van der Waals surface area (Å²) < 4.78 is 27.9. The summed E-state index contributed by atoms with van der Waals surface area (Å²) in [6.07, 6.45) is 6.21. The summed E-state index contributed by atoms with van der Waals surface area (Å²) in [5, 5.41) is 4.70. The predicted octanol–water partition coefficient (Wildman–Crippen LogP) is 4.98. The number of aryl methyl sites for hydroxylation is 2. The van der Waals surface area contributed by atoms with Crippen molar-refractivity contribution in [3.8, 4) is 0 Å². The summed E-state index contributed by atoms with van der Waals surface area (Å²) in [5.41, 5.74) is 5.93. The third-order valence-electron chi connectivity index (χ3n) is 5.49. The normalized spacial score (nSPS) is 14.6. The van der Waals surface area contributed by atoms with E-state index in [2.05, 4.69) is 10.5 Å². The van der Waals surface area contributed by atoms with E-state index in [-0.39, 0.29) is 11.4 Å². The number of hydrogen-bond donors (Lipinski definition) is 1. The van der Waals surface area contributed by atoms with Gasteiger partial charge in [-0.3, -0.25) is 9.10 Å². The second-order valence-corrected chi connectivity index (χ2v) is 10.2. The Balaban J connectivity index is 1.88. The molecule has 1 N–H and O–H groups in total. The topological polar surface area (TPSA) is 78.8 Å². The number of benzene rings is 2. The molecule has 1 aliphatic rings. The lowest BCUT2D eigenvalue weighted by molar-refractivity contribution is -0.119. The molecule has 166 valence electrons. The number of sulfonamides is 1. The van der Waals surface area contributed by atoms with E-state index in [4.69, 9.17) is 11.6 Å². The smallest absolute Gasteiger partial charge is 0.264 e. The molecule has 0 heterocycles. The van der Waals surface area contributed by atoms with Crippen LogP contribution in [0.3, 0.4) is 0 Å². The van der Waals surface area contributed by atoms with Gasteiger partial charge in [-0.25, -0.2) is 13.8 Å². The van der Waals surface area contributed by atoms with E-state index in [1.54, 1.807) is 12.1 Å². The van der Waals surface area contributed by atoms with E-state index < -0.39 is 15.9 Å². The third-order valence-corrected chi connectivity index (χ3v) is 7.53. The van der Waals surface area contributed by atoms with E-state index in [1.807, 2.05) is 19.9 Å². The molecule has 1 fully saturated rings. The first kappa shape index (κ1) is 23.3. The number of hydrazone groups is 1. The molecule has 0 saturated heterocycles. The molecule has 0 bridgehead atoms. The average Bonchev–Trinajstić information content (AvgIpc) is 3.02. The fourth-order valence-corrected chi connectivity index (χ4v) is 5.02. The van der Waals surface area contributed by atoms with Crippen molar-refractivity contribution in [1.82, 2.24) is 5.43 Å². The number of anilines is 1. The molecule has 2 aromatic carbocycles. The lowest BCUT2D eigenvalue weighted by Crippen LogP contribution is -2.39. The molecule has 1 saturated carbocycles. The minimum Gasteiger partial charge on any atom is -0.271 e. The first-order valence-electron chi connectivity index (χ1n) is 10.5. The van der Waals surface area contributed by atoms with Crippen molar-refractivity contribution < 1.29 is 13.2 Å². The van der Waals surface area contributed by atoms with Gasteiger partial charge in [0.15, 0.2) is 0 Å². The quantitative estimate of drug-likeness (QED) is 0.486. The monoisotopic (exact) mass is 461 g/mol. The average molecular weight is 462 g/mol. The van der Waals surface area contributed by atoms with Gasteiger partial charge in [0, 0.05) is 10.7 Å². The molecule has 3 rings (SSSR count). The van der Waals surface area contributed by atoms with Gasteiger partial charge < -0.3 is 0 Å². The predicted molar refractivity (Wildman–Crippen MR) is 125 cm³/mol. The number of hydrogen-bond acceptors (Lipinski definition) is 4. The second kappa shape index (κ2) is 10.3. The van der Waals surface area contributed by atoms with Gasteiger partial charge >= 0.3 is 0 Å². The van der Waals surface area contributed by atoms with Crippen LogP contribution in [0.15, 0.2) is 52.5 Å². The fraction of sp³-hybridized carbons (Fsp3) is 0.391. The fourth-order valence-electron chi connectivity index (χ4n) is 3.49. The summed E-state index contributed by atoms with van der Waals surface area (Å²) in [6.45, 7) is 3.49. The molecule has 2 aromatic rings. The Morgan fingerprint density at radius 1 is 1.00 bits per heavy atom.